The quantitative estimate of drug-likeness (QED) is 0.390. The van der Waals surface area contributed by atoms with Crippen LogP contribution in [0.15, 0.2) is 34.2 Å². The van der Waals surface area contributed by atoms with E-state index in [0.29, 0.717) is 40.0 Å². The highest BCUT2D eigenvalue weighted by Gasteiger charge is 2.26. The molecule has 174 valence electrons. The molecule has 0 aliphatic heterocycles. The third kappa shape index (κ3) is 4.77. The molecule has 1 aliphatic carbocycles. The molecule has 3 amide bonds. The van der Waals surface area contributed by atoms with Crippen molar-refractivity contribution in [3.05, 3.63) is 45.1 Å². The van der Waals surface area contributed by atoms with Gasteiger partial charge in [-0.05, 0) is 69.9 Å². The van der Waals surface area contributed by atoms with E-state index < -0.39 is 17.2 Å². The zero-order valence-corrected chi connectivity index (χ0v) is 20.4. The molecule has 2 N–H and O–H groups in total. The molecule has 33 heavy (non-hydrogen) atoms. The van der Waals surface area contributed by atoms with E-state index in [-0.39, 0.29) is 5.56 Å². The number of nitrogens with one attached hydrogen (secondary N) is 2. The minimum atomic E-state index is -0.641. The minimum Gasteiger partial charge on any atom is -0.494 e. The van der Waals surface area contributed by atoms with E-state index in [0.717, 1.165) is 36.6 Å². The van der Waals surface area contributed by atoms with Gasteiger partial charge in [0.05, 0.1) is 22.9 Å². The fourth-order valence-corrected chi connectivity index (χ4v) is 6.05. The van der Waals surface area contributed by atoms with Crippen LogP contribution in [0, 0.1) is 0 Å². The van der Waals surface area contributed by atoms with Crippen LogP contribution in [-0.2, 0) is 17.6 Å². The van der Waals surface area contributed by atoms with Gasteiger partial charge in [0.2, 0.25) is 5.91 Å². The van der Waals surface area contributed by atoms with Crippen LogP contribution in [0.5, 0.6) is 5.75 Å². The molecule has 2 aromatic heterocycles. The van der Waals surface area contributed by atoms with Crippen LogP contribution in [-0.4, -0.2) is 39.9 Å². The van der Waals surface area contributed by atoms with E-state index in [1.165, 1.54) is 4.88 Å². The number of urea groups is 1. The number of imide groups is 1. The van der Waals surface area contributed by atoms with Gasteiger partial charge >= 0.3 is 6.03 Å². The maximum Gasteiger partial charge on any atom is 0.321 e. The Balaban J connectivity index is 1.76. The van der Waals surface area contributed by atoms with Gasteiger partial charge in [-0.15, -0.1) is 11.3 Å². The molecule has 0 unspecified atom stereocenters. The van der Waals surface area contributed by atoms with Crippen molar-refractivity contribution in [2.24, 2.45) is 0 Å². The molecule has 0 radical (unpaired) electrons. The maximum absolute atomic E-state index is 13.7. The number of ether oxygens (including phenoxy) is 1. The van der Waals surface area contributed by atoms with Crippen LogP contribution < -0.4 is 20.9 Å². The van der Waals surface area contributed by atoms with Gasteiger partial charge < -0.3 is 10.1 Å². The highest BCUT2D eigenvalue weighted by molar-refractivity contribution is 8.00. The normalized spacial score (nSPS) is 13.5. The number of nitrogens with zero attached hydrogens (tertiary/aromatic N) is 2. The van der Waals surface area contributed by atoms with Crippen molar-refractivity contribution in [3.8, 4) is 11.4 Å². The van der Waals surface area contributed by atoms with E-state index >= 15 is 0 Å². The summed E-state index contributed by atoms with van der Waals surface area (Å²) < 4.78 is 7.09. The number of benzene rings is 1. The van der Waals surface area contributed by atoms with Crippen molar-refractivity contribution >= 4 is 45.3 Å². The lowest BCUT2D eigenvalue weighted by molar-refractivity contribution is -0.119. The average molecular weight is 487 g/mol. The lowest BCUT2D eigenvalue weighted by atomic mass is 10.2. The Bertz CT molecular complexity index is 1250. The molecule has 0 bridgehead atoms. The molecule has 1 atom stereocenters. The molecule has 10 heteroatoms. The average Bonchev–Trinajstić information content (AvgIpc) is 3.36. The van der Waals surface area contributed by atoms with Gasteiger partial charge in [0.25, 0.3) is 5.56 Å². The summed E-state index contributed by atoms with van der Waals surface area (Å²) in [6, 6.07) is 6.71. The van der Waals surface area contributed by atoms with Crippen LogP contribution in [0.3, 0.4) is 0 Å². The first-order chi connectivity index (χ1) is 15.9. The standard InChI is InChI=1S/C23H26N4O4S2/c1-4-24-22(30)25-19(28)13(3)32-23-26-20-18(16-7-6-8-17(16)33-20)21(29)27(23)14-9-11-15(12-10-14)31-5-2/h9-13H,4-8H2,1-3H3,(H2,24,25,28,30)/t13-/m0/s1. The molecule has 0 spiro atoms. The highest BCUT2D eigenvalue weighted by atomic mass is 32.2. The van der Waals surface area contributed by atoms with Crippen molar-refractivity contribution in [1.82, 2.24) is 20.2 Å². The number of carbonyl (C=O) groups is 2. The molecule has 2 heterocycles. The highest BCUT2D eigenvalue weighted by Crippen LogP contribution is 2.36. The summed E-state index contributed by atoms with van der Waals surface area (Å²) in [5, 5.41) is 5.31. The number of amides is 3. The summed E-state index contributed by atoms with van der Waals surface area (Å²) in [6.45, 7) is 6.34. The zero-order chi connectivity index (χ0) is 23.5. The predicted octanol–water partition coefficient (Wildman–Crippen LogP) is 3.66. The maximum atomic E-state index is 13.7. The summed E-state index contributed by atoms with van der Waals surface area (Å²) in [6.07, 6.45) is 2.90. The van der Waals surface area contributed by atoms with E-state index in [1.54, 1.807) is 29.8 Å². The Kier molecular flexibility index (Phi) is 7.04. The minimum absolute atomic E-state index is 0.137. The number of thioether (sulfide) groups is 1. The Morgan fingerprint density at radius 3 is 2.70 bits per heavy atom. The van der Waals surface area contributed by atoms with E-state index in [4.69, 9.17) is 9.72 Å². The second-order valence-electron chi connectivity index (χ2n) is 7.61. The van der Waals surface area contributed by atoms with Crippen molar-refractivity contribution < 1.29 is 14.3 Å². The topological polar surface area (TPSA) is 102 Å². The molecule has 4 rings (SSSR count). The number of fused-ring (bicyclic) bond motifs is 3. The Hall–Kier alpha value is -2.85. The largest absolute Gasteiger partial charge is 0.494 e. The molecule has 8 nitrogen and oxygen atoms in total. The van der Waals surface area contributed by atoms with Gasteiger partial charge in [-0.3, -0.25) is 19.5 Å². The first-order valence-electron chi connectivity index (χ1n) is 11.0. The Labute approximate surface area is 199 Å². The Morgan fingerprint density at radius 1 is 1.24 bits per heavy atom. The molecule has 1 aliphatic rings. The molecular formula is C23H26N4O4S2. The smallest absolute Gasteiger partial charge is 0.321 e. The number of rotatable bonds is 7. The van der Waals surface area contributed by atoms with Crippen LogP contribution in [0.2, 0.25) is 0 Å². The monoisotopic (exact) mass is 486 g/mol. The summed E-state index contributed by atoms with van der Waals surface area (Å²) in [5.74, 6) is 0.260. The molecule has 3 aromatic rings. The van der Waals surface area contributed by atoms with Crippen molar-refractivity contribution in [2.75, 3.05) is 13.2 Å². The lowest BCUT2D eigenvalue weighted by Gasteiger charge is -2.16. The second-order valence-corrected chi connectivity index (χ2v) is 10.00. The molecule has 0 saturated heterocycles. The van der Waals surface area contributed by atoms with Gasteiger partial charge in [-0.25, -0.2) is 9.78 Å². The van der Waals surface area contributed by atoms with Crippen LogP contribution in [0.25, 0.3) is 15.9 Å². The zero-order valence-electron chi connectivity index (χ0n) is 18.8. The van der Waals surface area contributed by atoms with E-state index in [2.05, 4.69) is 10.6 Å². The number of thiophene rings is 1. The van der Waals surface area contributed by atoms with Crippen LogP contribution >= 0.6 is 23.1 Å². The van der Waals surface area contributed by atoms with Gasteiger partial charge in [0.15, 0.2) is 5.16 Å². The number of carbonyl (C=O) groups excluding carboxylic acids is 2. The number of aromatic nitrogens is 2. The van der Waals surface area contributed by atoms with Gasteiger partial charge in [-0.1, -0.05) is 11.8 Å². The summed E-state index contributed by atoms with van der Waals surface area (Å²) >= 11 is 2.71. The van der Waals surface area contributed by atoms with Gasteiger partial charge in [-0.2, -0.15) is 0 Å². The fourth-order valence-electron chi connectivity index (χ4n) is 3.82. The lowest BCUT2D eigenvalue weighted by Crippen LogP contribution is -2.42. The fraction of sp³-hybridized carbons (Fsp3) is 0.391. The van der Waals surface area contributed by atoms with Crippen molar-refractivity contribution in [2.45, 2.75) is 50.4 Å². The van der Waals surface area contributed by atoms with Crippen molar-refractivity contribution in [1.29, 1.82) is 0 Å². The third-order valence-corrected chi connectivity index (χ3v) is 7.58. The molecule has 0 fully saturated rings. The Morgan fingerprint density at radius 2 is 2.00 bits per heavy atom. The van der Waals surface area contributed by atoms with E-state index in [1.807, 2.05) is 31.2 Å². The van der Waals surface area contributed by atoms with Crippen LogP contribution in [0.4, 0.5) is 4.79 Å². The van der Waals surface area contributed by atoms with Crippen LogP contribution in [0.1, 0.15) is 37.6 Å². The number of hydrogen-bond donors (Lipinski definition) is 2. The third-order valence-electron chi connectivity index (χ3n) is 5.34. The van der Waals surface area contributed by atoms with E-state index in [9.17, 15) is 14.4 Å². The van der Waals surface area contributed by atoms with Gasteiger partial charge in [0.1, 0.15) is 10.6 Å². The first kappa shape index (κ1) is 23.3. The number of aryl methyl sites for hydroxylation is 2. The molecule has 0 saturated carbocycles. The second kappa shape index (κ2) is 9.96. The molecule has 1 aromatic carbocycles. The van der Waals surface area contributed by atoms with Gasteiger partial charge in [0, 0.05) is 11.4 Å². The summed E-state index contributed by atoms with van der Waals surface area (Å²) in [4.78, 5) is 44.7. The van der Waals surface area contributed by atoms with Crippen molar-refractivity contribution in [3.63, 3.8) is 0 Å². The first-order valence-corrected chi connectivity index (χ1v) is 12.7. The SMILES string of the molecule is CCNC(=O)NC(=O)[C@H](C)Sc1nc2sc3c(c2c(=O)n1-c1ccc(OCC)cc1)CCC3. The predicted molar refractivity (Wildman–Crippen MR) is 131 cm³/mol. The number of hydrogen-bond acceptors (Lipinski definition) is 7. The molecular weight excluding hydrogens is 460 g/mol. The summed E-state index contributed by atoms with van der Waals surface area (Å²) in [7, 11) is 0. The summed E-state index contributed by atoms with van der Waals surface area (Å²) in [5.41, 5.74) is 1.61.